The monoisotopic (exact) mass is 444 g/mol. The normalized spacial score (nSPS) is 13.8. The van der Waals surface area contributed by atoms with Crippen molar-refractivity contribution < 1.29 is 4.74 Å². The zero-order chi connectivity index (χ0) is 16.3. The number of hydrogen-bond acceptors (Lipinski definition) is 3. The van der Waals surface area contributed by atoms with Crippen molar-refractivity contribution in [3.63, 3.8) is 0 Å². The summed E-state index contributed by atoms with van der Waals surface area (Å²) in [4.78, 5) is 6.98. The van der Waals surface area contributed by atoms with Gasteiger partial charge in [0.05, 0.1) is 6.54 Å². The Bertz CT molecular complexity index is 508. The lowest BCUT2D eigenvalue weighted by Crippen LogP contribution is -2.38. The number of nitrogens with zero attached hydrogens (tertiary/aromatic N) is 2. The quantitative estimate of drug-likeness (QED) is 0.213. The maximum absolute atomic E-state index is 5.06. The molecule has 0 saturated carbocycles. The summed E-state index contributed by atoms with van der Waals surface area (Å²) < 4.78 is 5.06. The molecule has 134 valence electrons. The van der Waals surface area contributed by atoms with E-state index in [-0.39, 0.29) is 24.0 Å². The summed E-state index contributed by atoms with van der Waals surface area (Å²) in [6.07, 6.45) is 5.38. The molecule has 0 saturated heterocycles. The van der Waals surface area contributed by atoms with Crippen LogP contribution in [0.15, 0.2) is 41.4 Å². The molecule has 1 aromatic carbocycles. The van der Waals surface area contributed by atoms with Gasteiger partial charge in [-0.25, -0.2) is 4.99 Å². The number of aliphatic imine (C=N–C) groups is 1. The number of benzene rings is 1. The second-order valence-electron chi connectivity index (χ2n) is 5.51. The van der Waals surface area contributed by atoms with Crippen LogP contribution in [-0.2, 0) is 11.3 Å². The summed E-state index contributed by atoms with van der Waals surface area (Å²) in [6, 6.07) is 8.67. The molecule has 2 rings (SSSR count). The molecule has 1 heterocycles. The maximum atomic E-state index is 5.06. The molecular weight excluding hydrogens is 415 g/mol. The summed E-state index contributed by atoms with van der Waals surface area (Å²) in [5.41, 5.74) is 2.49. The Morgan fingerprint density at radius 3 is 2.50 bits per heavy atom. The molecule has 0 fully saturated rings. The predicted molar refractivity (Wildman–Crippen MR) is 113 cm³/mol. The van der Waals surface area contributed by atoms with Crippen LogP contribution in [0.4, 0.5) is 5.69 Å². The second-order valence-corrected chi connectivity index (χ2v) is 5.51. The number of anilines is 1. The number of methoxy groups -OCH3 is 1. The van der Waals surface area contributed by atoms with Crippen molar-refractivity contribution in [2.24, 2.45) is 4.99 Å². The number of guanidine groups is 1. The molecule has 1 aliphatic rings. The van der Waals surface area contributed by atoms with Gasteiger partial charge in [0.15, 0.2) is 5.96 Å². The smallest absolute Gasteiger partial charge is 0.191 e. The average Bonchev–Trinajstić information content (AvgIpc) is 3.11. The fraction of sp³-hybridized carbons (Fsp3) is 0.500. The first-order valence-electron chi connectivity index (χ1n) is 8.33. The lowest BCUT2D eigenvalue weighted by atomic mass is 10.2. The highest BCUT2D eigenvalue weighted by Gasteiger charge is 2.06. The zero-order valence-electron chi connectivity index (χ0n) is 14.6. The largest absolute Gasteiger partial charge is 0.385 e. The third kappa shape index (κ3) is 7.09. The third-order valence-corrected chi connectivity index (χ3v) is 3.70. The van der Waals surface area contributed by atoms with E-state index in [1.54, 1.807) is 7.11 Å². The number of rotatable bonds is 8. The van der Waals surface area contributed by atoms with Gasteiger partial charge in [0.25, 0.3) is 0 Å². The number of halogens is 1. The molecule has 0 unspecified atom stereocenters. The van der Waals surface area contributed by atoms with Crippen LogP contribution in [0, 0.1) is 0 Å². The first kappa shape index (κ1) is 20.8. The van der Waals surface area contributed by atoms with Gasteiger partial charge in [-0.3, -0.25) is 0 Å². The summed E-state index contributed by atoms with van der Waals surface area (Å²) in [5, 5.41) is 6.59. The molecule has 0 atom stereocenters. The summed E-state index contributed by atoms with van der Waals surface area (Å²) in [6.45, 7) is 7.25. The van der Waals surface area contributed by atoms with Gasteiger partial charge >= 0.3 is 0 Å². The SMILES string of the molecule is CCNC(=NCc1ccc(N2CC=CC2)cc1)NCCCOC.I. The Labute approximate surface area is 162 Å². The van der Waals surface area contributed by atoms with Crippen LogP contribution in [0.25, 0.3) is 0 Å². The van der Waals surface area contributed by atoms with Crippen LogP contribution in [0.5, 0.6) is 0 Å². The van der Waals surface area contributed by atoms with E-state index in [0.29, 0.717) is 6.54 Å². The van der Waals surface area contributed by atoms with E-state index < -0.39 is 0 Å². The Kier molecular flexibility index (Phi) is 10.5. The van der Waals surface area contributed by atoms with Gasteiger partial charge in [-0.2, -0.15) is 0 Å². The van der Waals surface area contributed by atoms with Crippen molar-refractivity contribution in [2.45, 2.75) is 19.9 Å². The number of hydrogen-bond donors (Lipinski definition) is 2. The van der Waals surface area contributed by atoms with Gasteiger partial charge < -0.3 is 20.3 Å². The molecule has 0 amide bonds. The van der Waals surface area contributed by atoms with Gasteiger partial charge in [-0.1, -0.05) is 24.3 Å². The van der Waals surface area contributed by atoms with Gasteiger partial charge in [-0.05, 0) is 31.0 Å². The molecule has 0 spiro atoms. The minimum absolute atomic E-state index is 0. The molecule has 0 radical (unpaired) electrons. The molecule has 5 nitrogen and oxygen atoms in total. The highest BCUT2D eigenvalue weighted by atomic mass is 127. The highest BCUT2D eigenvalue weighted by Crippen LogP contribution is 2.17. The van der Waals surface area contributed by atoms with Gasteiger partial charge in [0, 0.05) is 45.6 Å². The highest BCUT2D eigenvalue weighted by molar-refractivity contribution is 14.0. The van der Waals surface area contributed by atoms with Crippen molar-refractivity contribution >= 4 is 35.6 Å². The zero-order valence-corrected chi connectivity index (χ0v) is 17.0. The fourth-order valence-electron chi connectivity index (χ4n) is 2.44. The van der Waals surface area contributed by atoms with E-state index in [1.165, 1.54) is 11.3 Å². The van der Waals surface area contributed by atoms with E-state index in [0.717, 1.165) is 45.2 Å². The first-order valence-corrected chi connectivity index (χ1v) is 8.33. The fourth-order valence-corrected chi connectivity index (χ4v) is 2.44. The van der Waals surface area contributed by atoms with Crippen LogP contribution in [0.2, 0.25) is 0 Å². The second kappa shape index (κ2) is 12.1. The van der Waals surface area contributed by atoms with E-state index in [9.17, 15) is 0 Å². The molecular formula is C18H29IN4O. The van der Waals surface area contributed by atoms with Crippen LogP contribution in [0.1, 0.15) is 18.9 Å². The third-order valence-electron chi connectivity index (χ3n) is 3.70. The van der Waals surface area contributed by atoms with Crippen LogP contribution in [-0.4, -0.2) is 45.9 Å². The molecule has 0 aliphatic carbocycles. The molecule has 1 aliphatic heterocycles. The molecule has 6 heteroatoms. The predicted octanol–water partition coefficient (Wildman–Crippen LogP) is 2.77. The molecule has 1 aromatic rings. The van der Waals surface area contributed by atoms with Crippen molar-refractivity contribution in [1.29, 1.82) is 0 Å². The van der Waals surface area contributed by atoms with Gasteiger partial charge in [0.2, 0.25) is 0 Å². The van der Waals surface area contributed by atoms with Crippen LogP contribution >= 0.6 is 24.0 Å². The summed E-state index contributed by atoms with van der Waals surface area (Å²) in [7, 11) is 1.72. The van der Waals surface area contributed by atoms with Crippen LogP contribution in [0.3, 0.4) is 0 Å². The summed E-state index contributed by atoms with van der Waals surface area (Å²) >= 11 is 0. The molecule has 24 heavy (non-hydrogen) atoms. The van der Waals surface area contributed by atoms with E-state index in [1.807, 2.05) is 0 Å². The standard InChI is InChI=1S/C18H28N4O.HI/c1-3-19-18(20-11-6-14-23-2)21-15-16-7-9-17(10-8-16)22-12-4-5-13-22;/h4-5,7-10H,3,6,11-15H2,1-2H3,(H2,19,20,21);1H. The van der Waals surface area contributed by atoms with Gasteiger partial charge in [0.1, 0.15) is 0 Å². The van der Waals surface area contributed by atoms with Gasteiger partial charge in [-0.15, -0.1) is 24.0 Å². The van der Waals surface area contributed by atoms with Crippen LogP contribution < -0.4 is 15.5 Å². The average molecular weight is 444 g/mol. The lowest BCUT2D eigenvalue weighted by molar-refractivity contribution is 0.195. The van der Waals surface area contributed by atoms with Crippen molar-refractivity contribution in [2.75, 3.05) is 44.8 Å². The number of nitrogens with one attached hydrogen (secondary N) is 2. The van der Waals surface area contributed by atoms with Crippen molar-refractivity contribution in [3.8, 4) is 0 Å². The number of ether oxygens (including phenoxy) is 1. The Morgan fingerprint density at radius 1 is 1.17 bits per heavy atom. The Hall–Kier alpha value is -1.28. The Balaban J connectivity index is 0.00000288. The first-order chi connectivity index (χ1) is 11.3. The summed E-state index contributed by atoms with van der Waals surface area (Å²) in [5.74, 6) is 0.858. The van der Waals surface area contributed by atoms with E-state index in [4.69, 9.17) is 4.74 Å². The van der Waals surface area contributed by atoms with Crippen molar-refractivity contribution in [1.82, 2.24) is 10.6 Å². The minimum Gasteiger partial charge on any atom is -0.385 e. The van der Waals surface area contributed by atoms with Crippen molar-refractivity contribution in [3.05, 3.63) is 42.0 Å². The topological polar surface area (TPSA) is 48.9 Å². The van der Waals surface area contributed by atoms with E-state index in [2.05, 4.69) is 63.9 Å². The minimum atomic E-state index is 0. The Morgan fingerprint density at radius 2 is 1.88 bits per heavy atom. The lowest BCUT2D eigenvalue weighted by Gasteiger charge is -2.17. The molecule has 0 bridgehead atoms. The molecule has 0 aromatic heterocycles. The van der Waals surface area contributed by atoms with E-state index >= 15 is 0 Å². The maximum Gasteiger partial charge on any atom is 0.191 e. The molecule has 2 N–H and O–H groups in total.